The third-order valence-corrected chi connectivity index (χ3v) is 6.92. The molecule has 1 aliphatic heterocycles. The molecular weight excluding hydrogens is 350 g/mol. The second-order valence-electron chi connectivity index (χ2n) is 9.57. The van der Waals surface area contributed by atoms with E-state index in [9.17, 15) is 14.4 Å². The molecule has 1 saturated heterocycles. The van der Waals surface area contributed by atoms with E-state index in [2.05, 4.69) is 24.0 Å². The fourth-order valence-corrected chi connectivity index (χ4v) is 5.20. The van der Waals surface area contributed by atoms with E-state index < -0.39 is 16.7 Å². The van der Waals surface area contributed by atoms with Gasteiger partial charge in [-0.1, -0.05) is 43.7 Å². The molecule has 4 heteroatoms. The Morgan fingerprint density at radius 3 is 1.86 bits per heavy atom. The lowest BCUT2D eigenvalue weighted by Gasteiger charge is -2.48. The maximum Gasteiger partial charge on any atom is 0.158 e. The van der Waals surface area contributed by atoms with Crippen LogP contribution >= 0.6 is 0 Å². The van der Waals surface area contributed by atoms with Crippen LogP contribution in [0.25, 0.3) is 0 Å². The van der Waals surface area contributed by atoms with Gasteiger partial charge in [-0.2, -0.15) is 0 Å². The van der Waals surface area contributed by atoms with Crippen LogP contribution in [0.3, 0.4) is 0 Å². The topological polar surface area (TPSA) is 54.5 Å². The lowest BCUT2D eigenvalue weighted by atomic mass is 9.56. The second kappa shape index (κ2) is 7.55. The summed E-state index contributed by atoms with van der Waals surface area (Å²) < 4.78 is 0. The van der Waals surface area contributed by atoms with Gasteiger partial charge in [0.15, 0.2) is 17.3 Å². The van der Waals surface area contributed by atoms with Crippen molar-refractivity contribution in [3.8, 4) is 0 Å². The third kappa shape index (κ3) is 3.36. The first-order valence-corrected chi connectivity index (χ1v) is 10.5. The Morgan fingerprint density at radius 1 is 0.857 bits per heavy atom. The summed E-state index contributed by atoms with van der Waals surface area (Å²) in [5.41, 5.74) is -1.13. The molecule has 2 aliphatic rings. The highest BCUT2D eigenvalue weighted by Gasteiger charge is 2.60. The summed E-state index contributed by atoms with van der Waals surface area (Å²) in [5.74, 6) is -1.41. The van der Waals surface area contributed by atoms with Gasteiger partial charge in [0.1, 0.15) is 0 Å². The lowest BCUT2D eigenvalue weighted by Crippen LogP contribution is -2.63. The van der Waals surface area contributed by atoms with Crippen molar-refractivity contribution in [2.24, 2.45) is 16.7 Å². The fraction of sp³-hybridized carbons (Fsp3) is 0.625. The zero-order valence-corrected chi connectivity index (χ0v) is 17.8. The number of hydrogen-bond donors (Lipinski definition) is 0. The number of carbonyl (C=O) groups excluding carboxylic acids is 3. The van der Waals surface area contributed by atoms with Crippen molar-refractivity contribution in [1.29, 1.82) is 0 Å². The van der Waals surface area contributed by atoms with Gasteiger partial charge >= 0.3 is 0 Å². The van der Waals surface area contributed by atoms with Crippen molar-refractivity contribution in [1.82, 2.24) is 4.90 Å². The zero-order chi connectivity index (χ0) is 20.7. The molecule has 1 aromatic rings. The van der Waals surface area contributed by atoms with Crippen LogP contribution in [0, 0.1) is 16.7 Å². The van der Waals surface area contributed by atoms with Crippen LogP contribution in [0.2, 0.25) is 0 Å². The van der Waals surface area contributed by atoms with Crippen LogP contribution in [-0.2, 0) is 14.4 Å². The summed E-state index contributed by atoms with van der Waals surface area (Å²) in [5, 5.41) is 0. The molecule has 0 aromatic heterocycles. The van der Waals surface area contributed by atoms with E-state index >= 15 is 0 Å². The minimum absolute atomic E-state index is 0.0250. The summed E-state index contributed by atoms with van der Waals surface area (Å²) in [6.07, 6.45) is 3.35. The van der Waals surface area contributed by atoms with Crippen LogP contribution in [0.5, 0.6) is 0 Å². The van der Waals surface area contributed by atoms with Gasteiger partial charge in [-0.05, 0) is 65.1 Å². The van der Waals surface area contributed by atoms with E-state index in [1.54, 1.807) is 27.7 Å². The number of rotatable bonds is 4. The highest BCUT2D eigenvalue weighted by molar-refractivity contribution is 6.28. The Hall–Kier alpha value is -1.81. The number of Topliss-reactive ketones (excluding diaryl/α,β-unsaturated/α-hetero) is 3. The number of benzene rings is 1. The van der Waals surface area contributed by atoms with Crippen molar-refractivity contribution in [2.75, 3.05) is 13.1 Å². The van der Waals surface area contributed by atoms with Crippen molar-refractivity contribution in [3.05, 3.63) is 35.9 Å². The van der Waals surface area contributed by atoms with Gasteiger partial charge in [-0.15, -0.1) is 0 Å². The molecular formula is C24H33NO3. The van der Waals surface area contributed by atoms with Crippen molar-refractivity contribution < 1.29 is 14.4 Å². The fourth-order valence-electron chi connectivity index (χ4n) is 5.20. The maximum absolute atomic E-state index is 13.5. The predicted molar refractivity (Wildman–Crippen MR) is 110 cm³/mol. The van der Waals surface area contributed by atoms with Crippen molar-refractivity contribution in [3.63, 3.8) is 0 Å². The molecule has 1 heterocycles. The van der Waals surface area contributed by atoms with E-state index in [-0.39, 0.29) is 29.3 Å². The molecule has 1 aromatic carbocycles. The molecule has 3 rings (SSSR count). The molecule has 0 spiro atoms. The molecule has 1 saturated carbocycles. The average molecular weight is 384 g/mol. The first kappa shape index (κ1) is 20.9. The number of hydrogen-bond acceptors (Lipinski definition) is 4. The second-order valence-corrected chi connectivity index (χ2v) is 9.57. The summed E-state index contributed by atoms with van der Waals surface area (Å²) in [6, 6.07) is 9.91. The first-order chi connectivity index (χ1) is 13.1. The zero-order valence-electron chi connectivity index (χ0n) is 17.8. The van der Waals surface area contributed by atoms with Crippen LogP contribution < -0.4 is 0 Å². The average Bonchev–Trinajstić information content (AvgIpc) is 2.70. The van der Waals surface area contributed by atoms with Gasteiger partial charge in [-0.3, -0.25) is 19.3 Å². The Morgan fingerprint density at radius 2 is 1.36 bits per heavy atom. The summed E-state index contributed by atoms with van der Waals surface area (Å²) in [7, 11) is 0. The minimum atomic E-state index is -1.13. The Kier molecular flexibility index (Phi) is 5.64. The highest BCUT2D eigenvalue weighted by atomic mass is 16.2. The maximum atomic E-state index is 13.5. The molecule has 2 atom stereocenters. The number of nitrogens with zero attached hydrogens (tertiary/aromatic N) is 1. The molecule has 0 N–H and O–H groups in total. The minimum Gasteiger partial charge on any atom is -0.299 e. The first-order valence-electron chi connectivity index (χ1n) is 10.5. The summed E-state index contributed by atoms with van der Waals surface area (Å²) in [6.45, 7) is 10.7. The number of likely N-dealkylation sites (tertiary alicyclic amines) is 1. The summed E-state index contributed by atoms with van der Waals surface area (Å²) in [4.78, 5) is 42.3. The lowest BCUT2D eigenvalue weighted by molar-refractivity contribution is -0.163. The van der Waals surface area contributed by atoms with Gasteiger partial charge in [0.25, 0.3) is 0 Å². The van der Waals surface area contributed by atoms with Gasteiger partial charge in [0.05, 0.1) is 16.7 Å². The van der Waals surface area contributed by atoms with Gasteiger partial charge in [-0.25, -0.2) is 0 Å². The van der Waals surface area contributed by atoms with Crippen LogP contribution in [0.1, 0.15) is 65.4 Å². The van der Waals surface area contributed by atoms with Gasteiger partial charge in [0.2, 0.25) is 0 Å². The molecule has 0 bridgehead atoms. The van der Waals surface area contributed by atoms with Gasteiger partial charge in [0, 0.05) is 6.04 Å². The molecule has 152 valence electrons. The van der Waals surface area contributed by atoms with E-state index in [1.807, 2.05) is 18.2 Å². The van der Waals surface area contributed by atoms with E-state index in [1.165, 1.54) is 6.42 Å². The molecule has 2 unspecified atom stereocenters. The third-order valence-electron chi connectivity index (χ3n) is 6.92. The molecule has 0 amide bonds. The monoisotopic (exact) mass is 383 g/mol. The predicted octanol–water partition coefficient (Wildman–Crippen LogP) is 4.03. The molecule has 1 aliphatic carbocycles. The van der Waals surface area contributed by atoms with Crippen LogP contribution in [0.15, 0.2) is 30.3 Å². The van der Waals surface area contributed by atoms with Crippen molar-refractivity contribution >= 4 is 17.3 Å². The van der Waals surface area contributed by atoms with Crippen LogP contribution in [0.4, 0.5) is 0 Å². The Labute approximate surface area is 168 Å². The number of piperidine rings is 1. The quantitative estimate of drug-likeness (QED) is 0.737. The molecule has 4 nitrogen and oxygen atoms in total. The normalized spacial score (nSPS) is 25.5. The van der Waals surface area contributed by atoms with E-state index in [4.69, 9.17) is 0 Å². The molecule has 2 fully saturated rings. The highest BCUT2D eigenvalue weighted by Crippen LogP contribution is 2.45. The van der Waals surface area contributed by atoms with E-state index in [0.717, 1.165) is 31.5 Å². The number of carbonyl (C=O) groups is 3. The Balaban J connectivity index is 2.09. The smallest absolute Gasteiger partial charge is 0.158 e. The van der Waals surface area contributed by atoms with Gasteiger partial charge < -0.3 is 0 Å². The molecule has 28 heavy (non-hydrogen) atoms. The number of ketones is 3. The largest absolute Gasteiger partial charge is 0.299 e. The SMILES string of the molecule is CC(c1ccccc1)C(C1C(=O)C(C)(C)C(=O)C(C)(C)C1=O)N1CCCCC1. The van der Waals surface area contributed by atoms with Crippen LogP contribution in [-0.4, -0.2) is 41.4 Å². The molecule has 0 radical (unpaired) electrons. The standard InChI is InChI=1S/C24H33NO3/c1-16(17-12-8-6-9-13-17)19(25-14-10-7-11-15-25)18-20(26)23(2,3)22(28)24(4,5)21(18)27/h6,8-9,12-13,16,18-19H,7,10-11,14-15H2,1-5H3. The summed E-state index contributed by atoms with van der Waals surface area (Å²) >= 11 is 0. The Bertz CT molecular complexity index is 729. The van der Waals surface area contributed by atoms with Crippen molar-refractivity contribution in [2.45, 2.75) is 65.8 Å². The van der Waals surface area contributed by atoms with E-state index in [0.29, 0.717) is 0 Å².